The van der Waals surface area contributed by atoms with E-state index < -0.39 is 23.3 Å². The van der Waals surface area contributed by atoms with Crippen molar-refractivity contribution in [2.45, 2.75) is 70.6 Å². The zero-order valence-corrected chi connectivity index (χ0v) is 19.9. The van der Waals surface area contributed by atoms with Crippen molar-refractivity contribution in [3.63, 3.8) is 0 Å². The third kappa shape index (κ3) is 6.52. The molecule has 1 aliphatic carbocycles. The van der Waals surface area contributed by atoms with E-state index in [0.29, 0.717) is 48.3 Å². The fourth-order valence-corrected chi connectivity index (χ4v) is 4.66. The molecule has 1 fully saturated rings. The first-order chi connectivity index (χ1) is 16.5. The van der Waals surface area contributed by atoms with Crippen molar-refractivity contribution >= 4 is 0 Å². The lowest BCUT2D eigenvalue weighted by atomic mass is 9.78. The lowest BCUT2D eigenvalue weighted by Gasteiger charge is -2.27. The first-order valence-electron chi connectivity index (χ1n) is 12.3. The highest BCUT2D eigenvalue weighted by Crippen LogP contribution is 2.38. The topological polar surface area (TPSA) is 9.23 Å². The van der Waals surface area contributed by atoms with Gasteiger partial charge < -0.3 is 4.74 Å². The zero-order valence-electron chi connectivity index (χ0n) is 19.9. The predicted octanol–water partition coefficient (Wildman–Crippen LogP) is 8.61. The normalized spacial score (nSPS) is 18.4. The summed E-state index contributed by atoms with van der Waals surface area (Å²) in [5.74, 6) is -2.85. The van der Waals surface area contributed by atoms with Crippen LogP contribution >= 0.6 is 0 Å². The molecule has 0 atom stereocenters. The average molecular weight is 475 g/mol. The van der Waals surface area contributed by atoms with Crippen molar-refractivity contribution in [1.82, 2.24) is 0 Å². The Morgan fingerprint density at radius 1 is 0.853 bits per heavy atom. The van der Waals surface area contributed by atoms with Gasteiger partial charge in [0.1, 0.15) is 0 Å². The molecule has 1 aliphatic rings. The molecule has 34 heavy (non-hydrogen) atoms. The highest BCUT2D eigenvalue weighted by Gasteiger charge is 2.25. The molecule has 2 aromatic carbocycles. The standard InChI is InChI=1S/C29H34F4O/c1-3-5-19-34-25-18-16-23(27(31)29(25)33)10-7-6-9-20-11-13-21(14-12-20)24-17-15-22(8-4-2)26(30)28(24)32/h3,6,9,15-18,20-21H,1,4-5,7-8,10-14,19H2,2H3. The Labute approximate surface area is 200 Å². The first kappa shape index (κ1) is 26.1. The van der Waals surface area contributed by atoms with Crippen LogP contribution in [0.2, 0.25) is 0 Å². The van der Waals surface area contributed by atoms with Crippen LogP contribution in [0.5, 0.6) is 5.75 Å². The third-order valence-corrected chi connectivity index (χ3v) is 6.62. The summed E-state index contributed by atoms with van der Waals surface area (Å²) in [5, 5.41) is 0. The van der Waals surface area contributed by atoms with Crippen LogP contribution in [0.25, 0.3) is 0 Å². The minimum absolute atomic E-state index is 0.0408. The summed E-state index contributed by atoms with van der Waals surface area (Å²) in [5.41, 5.74) is 1.27. The molecule has 1 nitrogen and oxygen atoms in total. The fourth-order valence-electron chi connectivity index (χ4n) is 4.66. The highest BCUT2D eigenvalue weighted by molar-refractivity contribution is 5.32. The molecule has 0 aromatic heterocycles. The molecule has 0 radical (unpaired) electrons. The Morgan fingerprint density at radius 3 is 2.24 bits per heavy atom. The molecule has 0 unspecified atom stereocenters. The van der Waals surface area contributed by atoms with Crippen molar-refractivity contribution in [2.24, 2.45) is 5.92 Å². The lowest BCUT2D eigenvalue weighted by Crippen LogP contribution is -2.14. The van der Waals surface area contributed by atoms with E-state index >= 15 is 0 Å². The number of rotatable bonds is 11. The third-order valence-electron chi connectivity index (χ3n) is 6.62. The van der Waals surface area contributed by atoms with Crippen LogP contribution in [-0.4, -0.2) is 6.61 Å². The smallest absolute Gasteiger partial charge is 0.200 e. The van der Waals surface area contributed by atoms with Crippen LogP contribution in [0.1, 0.15) is 74.5 Å². The Balaban J connectivity index is 1.48. The van der Waals surface area contributed by atoms with Gasteiger partial charge in [-0.25, -0.2) is 13.2 Å². The summed E-state index contributed by atoms with van der Waals surface area (Å²) in [6.07, 6.45) is 12.1. The van der Waals surface area contributed by atoms with Gasteiger partial charge in [-0.15, -0.1) is 6.58 Å². The van der Waals surface area contributed by atoms with Crippen LogP contribution in [0.3, 0.4) is 0 Å². The summed E-state index contributed by atoms with van der Waals surface area (Å²) in [4.78, 5) is 0. The molecule has 0 aliphatic heterocycles. The van der Waals surface area contributed by atoms with Gasteiger partial charge in [0, 0.05) is 0 Å². The molecule has 0 saturated heterocycles. The number of hydrogen-bond donors (Lipinski definition) is 0. The minimum atomic E-state index is -0.949. The SMILES string of the molecule is C=CCCOc1ccc(CCC=CC2CCC(c3ccc(CCC)c(F)c3F)CC2)c(F)c1F. The molecule has 0 heterocycles. The number of ether oxygens (including phenoxy) is 1. The molecule has 0 amide bonds. The molecule has 184 valence electrons. The minimum Gasteiger partial charge on any atom is -0.490 e. The Morgan fingerprint density at radius 2 is 1.53 bits per heavy atom. The quantitative estimate of drug-likeness (QED) is 0.180. The van der Waals surface area contributed by atoms with Gasteiger partial charge in [-0.1, -0.05) is 49.8 Å². The molecule has 3 rings (SSSR count). The zero-order chi connectivity index (χ0) is 24.5. The van der Waals surface area contributed by atoms with Crippen LogP contribution in [0.4, 0.5) is 17.6 Å². The maximum Gasteiger partial charge on any atom is 0.200 e. The van der Waals surface area contributed by atoms with Crippen molar-refractivity contribution in [1.29, 1.82) is 0 Å². The second kappa shape index (κ2) is 12.8. The summed E-state index contributed by atoms with van der Waals surface area (Å²) in [7, 11) is 0. The van der Waals surface area contributed by atoms with Gasteiger partial charge in [0.05, 0.1) is 6.61 Å². The van der Waals surface area contributed by atoms with E-state index in [1.165, 1.54) is 6.07 Å². The number of allylic oxidation sites excluding steroid dienone is 2. The first-order valence-corrected chi connectivity index (χ1v) is 12.3. The summed E-state index contributed by atoms with van der Waals surface area (Å²) < 4.78 is 62.7. The molecule has 0 spiro atoms. The monoisotopic (exact) mass is 474 g/mol. The molecule has 1 saturated carbocycles. The van der Waals surface area contributed by atoms with Gasteiger partial charge in [-0.3, -0.25) is 0 Å². The maximum atomic E-state index is 14.6. The van der Waals surface area contributed by atoms with Crippen LogP contribution < -0.4 is 4.74 Å². The maximum absolute atomic E-state index is 14.6. The van der Waals surface area contributed by atoms with Crippen molar-refractivity contribution in [3.8, 4) is 5.75 Å². The second-order valence-corrected chi connectivity index (χ2v) is 9.05. The Bertz CT molecular complexity index is 990. The van der Waals surface area contributed by atoms with Crippen molar-refractivity contribution in [3.05, 3.63) is 89.0 Å². The number of hydrogen-bond acceptors (Lipinski definition) is 1. The number of benzene rings is 2. The van der Waals surface area contributed by atoms with Crippen molar-refractivity contribution in [2.75, 3.05) is 6.61 Å². The van der Waals surface area contributed by atoms with E-state index in [1.807, 2.05) is 13.0 Å². The largest absolute Gasteiger partial charge is 0.490 e. The van der Waals surface area contributed by atoms with Gasteiger partial charge in [0.2, 0.25) is 5.82 Å². The highest BCUT2D eigenvalue weighted by atomic mass is 19.2. The van der Waals surface area contributed by atoms with E-state index in [4.69, 9.17) is 4.74 Å². The van der Waals surface area contributed by atoms with E-state index in [0.717, 1.165) is 32.1 Å². The molecule has 0 N–H and O–H groups in total. The summed E-state index contributed by atoms with van der Waals surface area (Å²) in [6.45, 7) is 5.78. The van der Waals surface area contributed by atoms with Gasteiger partial charge >= 0.3 is 0 Å². The molecule has 0 bridgehead atoms. The van der Waals surface area contributed by atoms with E-state index in [9.17, 15) is 17.6 Å². The van der Waals surface area contributed by atoms with E-state index in [-0.39, 0.29) is 18.3 Å². The van der Waals surface area contributed by atoms with Crippen LogP contribution in [0.15, 0.2) is 49.1 Å². The lowest BCUT2D eigenvalue weighted by molar-refractivity contribution is 0.301. The van der Waals surface area contributed by atoms with Gasteiger partial charge in [-0.2, -0.15) is 4.39 Å². The summed E-state index contributed by atoms with van der Waals surface area (Å²) >= 11 is 0. The van der Waals surface area contributed by atoms with Gasteiger partial charge in [0.25, 0.3) is 0 Å². The number of aryl methyl sites for hydroxylation is 2. The summed E-state index contributed by atoms with van der Waals surface area (Å²) in [6, 6.07) is 6.53. The van der Waals surface area contributed by atoms with Crippen LogP contribution in [-0.2, 0) is 12.8 Å². The van der Waals surface area contributed by atoms with E-state index in [1.54, 1.807) is 24.3 Å². The fraction of sp³-hybridized carbons (Fsp3) is 0.448. The number of halogens is 4. The van der Waals surface area contributed by atoms with Gasteiger partial charge in [0.15, 0.2) is 23.2 Å². The Kier molecular flexibility index (Phi) is 9.79. The second-order valence-electron chi connectivity index (χ2n) is 9.05. The predicted molar refractivity (Wildman–Crippen MR) is 129 cm³/mol. The molecular weight excluding hydrogens is 440 g/mol. The van der Waals surface area contributed by atoms with Crippen molar-refractivity contribution < 1.29 is 22.3 Å². The van der Waals surface area contributed by atoms with E-state index in [2.05, 4.69) is 12.7 Å². The Hall–Kier alpha value is -2.56. The molecular formula is C29H34F4O. The molecule has 2 aromatic rings. The molecule has 5 heteroatoms. The average Bonchev–Trinajstić information content (AvgIpc) is 2.84. The van der Waals surface area contributed by atoms with Crippen LogP contribution in [0, 0.1) is 29.2 Å². The van der Waals surface area contributed by atoms with Gasteiger partial charge in [-0.05, 0) is 86.0 Å².